The lowest BCUT2D eigenvalue weighted by Crippen LogP contribution is -1.99. The van der Waals surface area contributed by atoms with Crippen molar-refractivity contribution in [1.82, 2.24) is 24.4 Å². The summed E-state index contributed by atoms with van der Waals surface area (Å²) in [5, 5.41) is 13.6. The van der Waals surface area contributed by atoms with Crippen LogP contribution in [0.4, 0.5) is 4.39 Å². The van der Waals surface area contributed by atoms with Crippen LogP contribution in [0.1, 0.15) is 11.3 Å². The minimum absolute atomic E-state index is 0.235. The van der Waals surface area contributed by atoms with Gasteiger partial charge in [0.25, 0.3) is 0 Å². The maximum atomic E-state index is 13.1. The molecule has 0 aliphatic heterocycles. The van der Waals surface area contributed by atoms with Crippen molar-refractivity contribution < 1.29 is 4.39 Å². The van der Waals surface area contributed by atoms with Crippen molar-refractivity contribution in [3.63, 3.8) is 0 Å². The van der Waals surface area contributed by atoms with Crippen molar-refractivity contribution in [3.8, 4) is 16.4 Å². The average molecular weight is 383 g/mol. The van der Waals surface area contributed by atoms with Gasteiger partial charge in [-0.15, -0.1) is 15.3 Å². The van der Waals surface area contributed by atoms with Gasteiger partial charge in [0.1, 0.15) is 10.7 Å². The highest BCUT2D eigenvalue weighted by Crippen LogP contribution is 2.32. The van der Waals surface area contributed by atoms with E-state index in [9.17, 15) is 4.39 Å². The van der Waals surface area contributed by atoms with Crippen molar-refractivity contribution >= 4 is 23.3 Å². The zero-order chi connectivity index (χ0) is 17.9. The second kappa shape index (κ2) is 7.35. The molecule has 0 radical (unpaired) electrons. The molecule has 4 aromatic rings. The largest absolute Gasteiger partial charge is 0.269 e. The number of aromatic nitrogens is 5. The number of hydrogen-bond donors (Lipinski definition) is 0. The van der Waals surface area contributed by atoms with E-state index in [1.807, 2.05) is 41.8 Å². The Hall–Kier alpha value is -2.58. The molecule has 0 aliphatic rings. The third kappa shape index (κ3) is 3.38. The Bertz CT molecular complexity index is 1010. The lowest BCUT2D eigenvalue weighted by molar-refractivity contribution is 0.627. The topological polar surface area (TPSA) is 56.5 Å². The van der Waals surface area contributed by atoms with Gasteiger partial charge in [0.15, 0.2) is 11.0 Å². The van der Waals surface area contributed by atoms with Gasteiger partial charge in [-0.25, -0.2) is 4.39 Å². The lowest BCUT2D eigenvalue weighted by Gasteiger charge is -2.09. The summed E-state index contributed by atoms with van der Waals surface area (Å²) >= 11 is 2.86. The summed E-state index contributed by atoms with van der Waals surface area (Å²) in [6.07, 6.45) is 0. The first-order valence-corrected chi connectivity index (χ1v) is 9.65. The van der Waals surface area contributed by atoms with Gasteiger partial charge < -0.3 is 0 Å². The smallest absolute Gasteiger partial charge is 0.196 e. The molecule has 0 fully saturated rings. The van der Waals surface area contributed by atoms with Gasteiger partial charge in [-0.3, -0.25) is 4.57 Å². The molecule has 5 nitrogen and oxygen atoms in total. The van der Waals surface area contributed by atoms with E-state index in [4.69, 9.17) is 0 Å². The number of benzene rings is 2. The number of nitrogens with zero attached hydrogens (tertiary/aromatic N) is 5. The van der Waals surface area contributed by atoms with Crippen LogP contribution >= 0.6 is 23.3 Å². The Morgan fingerprint density at radius 1 is 1.00 bits per heavy atom. The van der Waals surface area contributed by atoms with E-state index in [-0.39, 0.29) is 5.82 Å². The van der Waals surface area contributed by atoms with Crippen LogP contribution < -0.4 is 0 Å². The fraction of sp³-hybridized carbons (Fsp3) is 0.111. The molecule has 2 aromatic heterocycles. The Labute approximate surface area is 158 Å². The van der Waals surface area contributed by atoms with Crippen LogP contribution in [0.25, 0.3) is 16.4 Å². The monoisotopic (exact) mass is 383 g/mol. The van der Waals surface area contributed by atoms with Crippen molar-refractivity contribution in [2.45, 2.75) is 17.8 Å². The Kier molecular flexibility index (Phi) is 4.77. The molecule has 26 heavy (non-hydrogen) atoms. The molecule has 0 amide bonds. The third-order valence-electron chi connectivity index (χ3n) is 3.78. The minimum Gasteiger partial charge on any atom is -0.269 e. The molecule has 0 saturated heterocycles. The third-order valence-corrected chi connectivity index (χ3v) is 5.61. The van der Waals surface area contributed by atoms with Gasteiger partial charge in [-0.05, 0) is 48.3 Å². The van der Waals surface area contributed by atoms with Gasteiger partial charge in [0.05, 0.1) is 5.69 Å². The SMILES string of the molecule is Cc1nnsc1-c1nnc(SCc2ccc(F)cc2)n1-c1ccccc1. The second-order valence-corrected chi connectivity index (χ2v) is 7.28. The summed E-state index contributed by atoms with van der Waals surface area (Å²) in [6.45, 7) is 1.91. The van der Waals surface area contributed by atoms with Crippen LogP contribution in [0.5, 0.6) is 0 Å². The van der Waals surface area contributed by atoms with E-state index in [1.54, 1.807) is 23.9 Å². The summed E-state index contributed by atoms with van der Waals surface area (Å²) in [7, 11) is 0. The van der Waals surface area contributed by atoms with E-state index in [1.165, 1.54) is 23.7 Å². The molecule has 2 heterocycles. The van der Waals surface area contributed by atoms with E-state index >= 15 is 0 Å². The highest BCUT2D eigenvalue weighted by molar-refractivity contribution is 7.98. The van der Waals surface area contributed by atoms with E-state index in [2.05, 4.69) is 19.8 Å². The predicted molar refractivity (Wildman–Crippen MR) is 101 cm³/mol. The zero-order valence-electron chi connectivity index (χ0n) is 13.8. The standard InChI is InChI=1S/C18H14FN5S2/c1-12-16(26-23-20-12)17-21-22-18(24(17)15-5-3-2-4-6-15)25-11-13-7-9-14(19)10-8-13/h2-10H,11H2,1H3. The molecule has 0 spiro atoms. The second-order valence-electron chi connectivity index (χ2n) is 5.58. The molecule has 0 saturated carbocycles. The molecule has 0 atom stereocenters. The van der Waals surface area contributed by atoms with Crippen molar-refractivity contribution in [2.75, 3.05) is 0 Å². The van der Waals surface area contributed by atoms with E-state index in [0.717, 1.165) is 32.8 Å². The van der Waals surface area contributed by atoms with Gasteiger partial charge in [-0.1, -0.05) is 46.6 Å². The average Bonchev–Trinajstić information content (AvgIpc) is 3.27. The number of aryl methyl sites for hydroxylation is 1. The lowest BCUT2D eigenvalue weighted by atomic mass is 10.2. The van der Waals surface area contributed by atoms with Gasteiger partial charge in [0, 0.05) is 11.4 Å². The number of halogens is 1. The molecular formula is C18H14FN5S2. The Balaban J connectivity index is 1.71. The van der Waals surface area contributed by atoms with Crippen LogP contribution in [0.2, 0.25) is 0 Å². The first-order chi connectivity index (χ1) is 12.7. The maximum Gasteiger partial charge on any atom is 0.196 e. The molecule has 130 valence electrons. The summed E-state index contributed by atoms with van der Waals surface area (Å²) in [5.74, 6) is 1.16. The molecule has 0 aliphatic carbocycles. The van der Waals surface area contributed by atoms with E-state index < -0.39 is 0 Å². The summed E-state index contributed by atoms with van der Waals surface area (Å²) in [6, 6.07) is 16.4. The molecule has 4 rings (SSSR count). The zero-order valence-corrected chi connectivity index (χ0v) is 15.5. The molecule has 2 aromatic carbocycles. The van der Waals surface area contributed by atoms with Crippen LogP contribution in [-0.2, 0) is 5.75 Å². The quantitative estimate of drug-likeness (QED) is 0.474. The van der Waals surface area contributed by atoms with Crippen molar-refractivity contribution in [1.29, 1.82) is 0 Å². The van der Waals surface area contributed by atoms with Crippen molar-refractivity contribution in [3.05, 3.63) is 71.7 Å². The van der Waals surface area contributed by atoms with Crippen molar-refractivity contribution in [2.24, 2.45) is 0 Å². The summed E-state index contributed by atoms with van der Waals surface area (Å²) < 4.78 is 19.1. The molecule has 8 heteroatoms. The Morgan fingerprint density at radius 3 is 2.46 bits per heavy atom. The van der Waals surface area contributed by atoms with Crippen LogP contribution in [0, 0.1) is 12.7 Å². The van der Waals surface area contributed by atoms with Crippen LogP contribution in [0.15, 0.2) is 59.8 Å². The molecule has 0 unspecified atom stereocenters. The number of thioether (sulfide) groups is 1. The first kappa shape index (κ1) is 16.9. The normalized spacial score (nSPS) is 11.0. The van der Waals surface area contributed by atoms with Crippen LogP contribution in [-0.4, -0.2) is 24.4 Å². The fourth-order valence-corrected chi connectivity index (χ4v) is 4.02. The number of para-hydroxylation sites is 1. The maximum absolute atomic E-state index is 13.1. The number of rotatable bonds is 5. The molecular weight excluding hydrogens is 369 g/mol. The highest BCUT2D eigenvalue weighted by Gasteiger charge is 2.19. The summed E-state index contributed by atoms with van der Waals surface area (Å²) in [4.78, 5) is 0.898. The summed E-state index contributed by atoms with van der Waals surface area (Å²) in [5.41, 5.74) is 2.83. The fourth-order valence-electron chi connectivity index (χ4n) is 2.49. The van der Waals surface area contributed by atoms with Gasteiger partial charge >= 0.3 is 0 Å². The molecule has 0 bridgehead atoms. The number of hydrogen-bond acceptors (Lipinski definition) is 6. The van der Waals surface area contributed by atoms with Gasteiger partial charge in [-0.2, -0.15) is 0 Å². The molecule has 0 N–H and O–H groups in total. The highest BCUT2D eigenvalue weighted by atomic mass is 32.2. The van der Waals surface area contributed by atoms with Gasteiger partial charge in [0.2, 0.25) is 0 Å². The first-order valence-electron chi connectivity index (χ1n) is 7.90. The Morgan fingerprint density at radius 2 is 1.77 bits per heavy atom. The van der Waals surface area contributed by atoms with E-state index in [0.29, 0.717) is 5.75 Å². The van der Waals surface area contributed by atoms with Crippen LogP contribution in [0.3, 0.4) is 0 Å². The minimum atomic E-state index is -0.235. The predicted octanol–water partition coefficient (Wildman–Crippen LogP) is 4.53.